The molecular formula is C25H28BrNO5. The molecule has 0 spiro atoms. The minimum absolute atomic E-state index is 0.0621. The van der Waals surface area contributed by atoms with Crippen molar-refractivity contribution in [3.05, 3.63) is 75.9 Å². The number of anilines is 1. The molecule has 0 saturated heterocycles. The van der Waals surface area contributed by atoms with Crippen molar-refractivity contribution in [1.29, 1.82) is 0 Å². The number of hydrogen-bond donors (Lipinski definition) is 2. The number of nitrogens with one attached hydrogen (secondary N) is 1. The predicted molar refractivity (Wildman–Crippen MR) is 126 cm³/mol. The number of ether oxygens (including phenoxy) is 2. The van der Waals surface area contributed by atoms with Crippen LogP contribution in [0.15, 0.2) is 70.3 Å². The van der Waals surface area contributed by atoms with Gasteiger partial charge in [-0.15, -0.1) is 0 Å². The van der Waals surface area contributed by atoms with Crippen LogP contribution in [0.25, 0.3) is 0 Å². The number of rotatable bonds is 7. The summed E-state index contributed by atoms with van der Waals surface area (Å²) in [7, 11) is 0. The molecule has 0 amide bonds. The molecule has 7 heteroatoms. The third kappa shape index (κ3) is 5.22. The average Bonchev–Trinajstić information content (AvgIpc) is 2.74. The second-order valence-corrected chi connectivity index (χ2v) is 8.81. The predicted octanol–water partition coefficient (Wildman–Crippen LogP) is 4.80. The van der Waals surface area contributed by atoms with Crippen molar-refractivity contribution in [1.82, 2.24) is 0 Å². The van der Waals surface area contributed by atoms with Gasteiger partial charge in [0.15, 0.2) is 0 Å². The zero-order valence-corrected chi connectivity index (χ0v) is 20.0. The first kappa shape index (κ1) is 24.0. The van der Waals surface area contributed by atoms with Crippen molar-refractivity contribution in [3.63, 3.8) is 0 Å². The topological polar surface area (TPSA) is 84.9 Å². The van der Waals surface area contributed by atoms with Gasteiger partial charge in [-0.05, 0) is 50.6 Å². The molecule has 0 aliphatic heterocycles. The lowest BCUT2D eigenvalue weighted by molar-refractivity contribution is -0.159. The molecule has 3 rings (SSSR count). The first-order valence-electron chi connectivity index (χ1n) is 10.6. The van der Waals surface area contributed by atoms with Crippen molar-refractivity contribution >= 4 is 33.6 Å². The summed E-state index contributed by atoms with van der Waals surface area (Å²) in [6, 6.07) is 16.7. The number of hydrogen-bond acceptors (Lipinski definition) is 6. The molecule has 2 aromatic rings. The second kappa shape index (κ2) is 10.3. The van der Waals surface area contributed by atoms with Crippen LogP contribution in [0.2, 0.25) is 0 Å². The number of benzene rings is 2. The molecule has 0 bridgehead atoms. The fraction of sp³-hybridized carbons (Fsp3) is 0.360. The number of carbonyl (C=O) groups is 2. The monoisotopic (exact) mass is 501 g/mol. The molecule has 1 aliphatic carbocycles. The normalized spacial score (nSPS) is 22.9. The largest absolute Gasteiger partial charge is 0.466 e. The van der Waals surface area contributed by atoms with E-state index in [1.165, 1.54) is 0 Å². The Balaban J connectivity index is 2.23. The number of para-hydroxylation sites is 1. The zero-order valence-electron chi connectivity index (χ0n) is 18.4. The summed E-state index contributed by atoms with van der Waals surface area (Å²) in [6.45, 7) is 5.42. The summed E-state index contributed by atoms with van der Waals surface area (Å²) in [5.74, 6) is -2.81. The van der Waals surface area contributed by atoms with Gasteiger partial charge in [-0.1, -0.05) is 46.3 Å². The van der Waals surface area contributed by atoms with Gasteiger partial charge in [-0.2, -0.15) is 0 Å². The van der Waals surface area contributed by atoms with Crippen LogP contribution in [0.3, 0.4) is 0 Å². The molecule has 0 saturated carbocycles. The smallest absolute Gasteiger partial charge is 0.336 e. The number of halogens is 1. The fourth-order valence-corrected chi connectivity index (χ4v) is 4.46. The van der Waals surface area contributed by atoms with Crippen LogP contribution in [0.5, 0.6) is 0 Å². The summed E-state index contributed by atoms with van der Waals surface area (Å²) in [6.07, 6.45) is 0.0621. The third-order valence-corrected chi connectivity index (χ3v) is 6.04. The third-order valence-electron chi connectivity index (χ3n) is 5.51. The van der Waals surface area contributed by atoms with Crippen molar-refractivity contribution in [3.8, 4) is 0 Å². The highest BCUT2D eigenvalue weighted by atomic mass is 79.9. The molecule has 1 aliphatic rings. The maximum absolute atomic E-state index is 13.2. The highest BCUT2D eigenvalue weighted by molar-refractivity contribution is 9.10. The molecule has 6 nitrogen and oxygen atoms in total. The van der Waals surface area contributed by atoms with Gasteiger partial charge in [0.2, 0.25) is 0 Å². The molecular weight excluding hydrogens is 474 g/mol. The second-order valence-electron chi connectivity index (χ2n) is 7.90. The minimum Gasteiger partial charge on any atom is -0.466 e. The molecule has 0 aromatic heterocycles. The molecule has 170 valence electrons. The summed E-state index contributed by atoms with van der Waals surface area (Å²) in [5, 5.41) is 14.7. The van der Waals surface area contributed by atoms with Crippen LogP contribution in [0, 0.1) is 5.92 Å². The van der Waals surface area contributed by atoms with Gasteiger partial charge >= 0.3 is 11.9 Å². The Hall–Kier alpha value is -2.64. The maximum Gasteiger partial charge on any atom is 0.336 e. The summed E-state index contributed by atoms with van der Waals surface area (Å²) in [5.41, 5.74) is 0.860. The van der Waals surface area contributed by atoms with E-state index in [-0.39, 0.29) is 19.6 Å². The van der Waals surface area contributed by atoms with E-state index in [2.05, 4.69) is 21.2 Å². The van der Waals surface area contributed by atoms with Gasteiger partial charge in [0.1, 0.15) is 0 Å². The summed E-state index contributed by atoms with van der Waals surface area (Å²) >= 11 is 3.43. The lowest BCUT2D eigenvalue weighted by atomic mass is 9.66. The Morgan fingerprint density at radius 3 is 2.28 bits per heavy atom. The van der Waals surface area contributed by atoms with Crippen LogP contribution < -0.4 is 5.32 Å². The van der Waals surface area contributed by atoms with E-state index in [9.17, 15) is 14.7 Å². The molecule has 3 atom stereocenters. The lowest BCUT2D eigenvalue weighted by Gasteiger charge is -2.43. The Morgan fingerprint density at radius 1 is 1.06 bits per heavy atom. The van der Waals surface area contributed by atoms with Crippen LogP contribution in [-0.2, 0) is 19.1 Å². The van der Waals surface area contributed by atoms with Crippen molar-refractivity contribution in [2.75, 3.05) is 18.5 Å². The van der Waals surface area contributed by atoms with E-state index in [1.54, 1.807) is 20.8 Å². The zero-order chi connectivity index (χ0) is 23.3. The van der Waals surface area contributed by atoms with Gasteiger partial charge in [-0.3, -0.25) is 4.79 Å². The SMILES string of the molecule is CCOC(=O)C1=C(Nc2ccccc2)C[C@@](C)(O)[C@H](C(=O)OCC)[C@@H]1c1ccc(Br)cc1. The van der Waals surface area contributed by atoms with Crippen molar-refractivity contribution < 1.29 is 24.2 Å². The molecule has 2 aromatic carbocycles. The number of aliphatic hydroxyl groups is 1. The molecule has 0 fully saturated rings. The van der Waals surface area contributed by atoms with Crippen LogP contribution in [-0.4, -0.2) is 35.9 Å². The van der Waals surface area contributed by atoms with E-state index in [4.69, 9.17) is 9.47 Å². The van der Waals surface area contributed by atoms with Gasteiger partial charge in [0.05, 0.1) is 30.3 Å². The Bertz CT molecular complexity index is 985. The fourth-order valence-electron chi connectivity index (χ4n) is 4.19. The van der Waals surface area contributed by atoms with Crippen LogP contribution in [0.1, 0.15) is 38.7 Å². The van der Waals surface area contributed by atoms with E-state index in [0.29, 0.717) is 16.8 Å². The first-order chi connectivity index (χ1) is 15.3. The molecule has 0 heterocycles. The van der Waals surface area contributed by atoms with Crippen molar-refractivity contribution in [2.24, 2.45) is 5.92 Å². The quantitative estimate of drug-likeness (QED) is 0.530. The highest BCUT2D eigenvalue weighted by Crippen LogP contribution is 2.48. The Morgan fingerprint density at radius 2 is 1.69 bits per heavy atom. The maximum atomic E-state index is 13.2. The van der Waals surface area contributed by atoms with Gasteiger partial charge in [0.25, 0.3) is 0 Å². The molecule has 2 N–H and O–H groups in total. The van der Waals surface area contributed by atoms with E-state index < -0.39 is 29.4 Å². The van der Waals surface area contributed by atoms with Crippen molar-refractivity contribution in [2.45, 2.75) is 38.7 Å². The summed E-state index contributed by atoms with van der Waals surface area (Å²) in [4.78, 5) is 26.3. The highest BCUT2D eigenvalue weighted by Gasteiger charge is 2.52. The summed E-state index contributed by atoms with van der Waals surface area (Å²) < 4.78 is 11.6. The molecule has 0 unspecified atom stereocenters. The Labute approximate surface area is 196 Å². The molecule has 0 radical (unpaired) electrons. The van der Waals surface area contributed by atoms with Crippen LogP contribution >= 0.6 is 15.9 Å². The number of carbonyl (C=O) groups excluding carboxylic acids is 2. The standard InChI is InChI=1S/C25H28BrNO5/c1-4-31-23(28)21-19(27-18-9-7-6-8-10-18)15-25(3,30)22(24(29)32-5-2)20(21)16-11-13-17(26)14-12-16/h6-14,20,22,27,30H,4-5,15H2,1-3H3/t20-,22+,25-/m1/s1. The number of esters is 2. The van der Waals surface area contributed by atoms with Gasteiger partial charge < -0.3 is 19.9 Å². The van der Waals surface area contributed by atoms with Gasteiger partial charge in [0, 0.05) is 28.2 Å². The van der Waals surface area contributed by atoms with Gasteiger partial charge in [-0.25, -0.2) is 4.79 Å². The van der Waals surface area contributed by atoms with E-state index in [1.807, 2.05) is 54.6 Å². The average molecular weight is 502 g/mol. The lowest BCUT2D eigenvalue weighted by Crippen LogP contribution is -2.49. The first-order valence-corrected chi connectivity index (χ1v) is 11.4. The molecule has 32 heavy (non-hydrogen) atoms. The van der Waals surface area contributed by atoms with E-state index >= 15 is 0 Å². The van der Waals surface area contributed by atoms with Crippen LogP contribution in [0.4, 0.5) is 5.69 Å². The van der Waals surface area contributed by atoms with E-state index in [0.717, 1.165) is 10.2 Å². The minimum atomic E-state index is -1.46. The Kier molecular flexibility index (Phi) is 7.74.